The summed E-state index contributed by atoms with van der Waals surface area (Å²) in [5.41, 5.74) is 4.87. The van der Waals surface area contributed by atoms with E-state index in [1.807, 2.05) is 48.7 Å². The molecule has 1 aliphatic rings. The third-order valence-corrected chi connectivity index (χ3v) is 8.30. The van der Waals surface area contributed by atoms with Gasteiger partial charge in [-0.2, -0.15) is 0 Å². The number of H-pyrrole nitrogens is 1. The van der Waals surface area contributed by atoms with Gasteiger partial charge in [-0.3, -0.25) is 9.59 Å². The molecule has 1 aromatic heterocycles. The predicted octanol–water partition coefficient (Wildman–Crippen LogP) is 6.30. The number of para-hydroxylation sites is 1. The van der Waals surface area contributed by atoms with E-state index >= 15 is 0 Å². The van der Waals surface area contributed by atoms with Crippen LogP contribution < -0.4 is 14.8 Å². The number of methoxy groups -OCH3 is 2. The molecule has 1 fully saturated rings. The number of aryl methyl sites for hydroxylation is 1. The van der Waals surface area contributed by atoms with Crippen molar-refractivity contribution in [1.82, 2.24) is 15.2 Å². The number of hydrogen-bond donors (Lipinski definition) is 2. The van der Waals surface area contributed by atoms with E-state index in [-0.39, 0.29) is 24.3 Å². The van der Waals surface area contributed by atoms with Crippen LogP contribution in [0.5, 0.6) is 11.5 Å². The standard InChI is InChI=1S/C35H41N3O4/c1-24-10-9-11-25(20-24)18-19-38(33(39)22-27-23-36-30-15-8-7-14-29(27)30)34(35(40)37-28-12-5-4-6-13-28)26-16-17-31(41-2)32(21-26)42-3/h7-11,14-17,20-21,23,28,34,36H,4-6,12-13,18-19,22H2,1-3H3,(H,37,40)/t34-/m1/s1. The average molecular weight is 568 g/mol. The summed E-state index contributed by atoms with van der Waals surface area (Å²) in [7, 11) is 3.17. The lowest BCUT2D eigenvalue weighted by Crippen LogP contribution is -2.48. The molecule has 7 heteroatoms. The van der Waals surface area contributed by atoms with E-state index in [0.29, 0.717) is 30.0 Å². The lowest BCUT2D eigenvalue weighted by molar-refractivity contribution is -0.140. The lowest BCUT2D eigenvalue weighted by Gasteiger charge is -2.34. The largest absolute Gasteiger partial charge is 0.493 e. The molecular weight excluding hydrogens is 526 g/mol. The molecule has 2 amide bonds. The summed E-state index contributed by atoms with van der Waals surface area (Å²) in [6.45, 7) is 2.45. The number of nitrogens with zero attached hydrogens (tertiary/aromatic N) is 1. The van der Waals surface area contributed by atoms with Crippen LogP contribution in [0, 0.1) is 6.92 Å². The molecule has 0 spiro atoms. The third-order valence-electron chi connectivity index (χ3n) is 8.30. The number of fused-ring (bicyclic) bond motifs is 1. The summed E-state index contributed by atoms with van der Waals surface area (Å²) < 4.78 is 11.1. The molecule has 2 N–H and O–H groups in total. The number of carbonyl (C=O) groups is 2. The first-order chi connectivity index (χ1) is 20.5. The van der Waals surface area contributed by atoms with Gasteiger partial charge in [0.25, 0.3) is 0 Å². The highest BCUT2D eigenvalue weighted by Gasteiger charge is 2.33. The van der Waals surface area contributed by atoms with E-state index in [2.05, 4.69) is 35.4 Å². The van der Waals surface area contributed by atoms with Crippen LogP contribution in [-0.2, 0) is 22.4 Å². The Bertz CT molecular complexity index is 1520. The summed E-state index contributed by atoms with van der Waals surface area (Å²) in [4.78, 5) is 33.6. The summed E-state index contributed by atoms with van der Waals surface area (Å²) in [5.74, 6) is 0.828. The maximum atomic E-state index is 14.3. The number of aromatic nitrogens is 1. The zero-order valence-corrected chi connectivity index (χ0v) is 24.8. The van der Waals surface area contributed by atoms with Crippen molar-refractivity contribution in [2.24, 2.45) is 0 Å². The van der Waals surface area contributed by atoms with Gasteiger partial charge in [-0.05, 0) is 61.1 Å². The van der Waals surface area contributed by atoms with Crippen LogP contribution in [0.2, 0.25) is 0 Å². The summed E-state index contributed by atoms with van der Waals surface area (Å²) in [6.07, 6.45) is 8.01. The van der Waals surface area contributed by atoms with E-state index in [0.717, 1.165) is 53.3 Å². The molecule has 0 aliphatic heterocycles. The van der Waals surface area contributed by atoms with Crippen LogP contribution in [0.25, 0.3) is 10.9 Å². The van der Waals surface area contributed by atoms with Gasteiger partial charge in [0.15, 0.2) is 11.5 Å². The number of carbonyl (C=O) groups excluding carboxylic acids is 2. The van der Waals surface area contributed by atoms with Gasteiger partial charge in [-0.1, -0.05) is 73.4 Å². The van der Waals surface area contributed by atoms with E-state index in [1.165, 1.54) is 6.42 Å². The number of amides is 2. The molecule has 1 heterocycles. The maximum absolute atomic E-state index is 14.3. The molecule has 1 aliphatic carbocycles. The smallest absolute Gasteiger partial charge is 0.247 e. The van der Waals surface area contributed by atoms with Crippen molar-refractivity contribution in [3.63, 3.8) is 0 Å². The summed E-state index contributed by atoms with van der Waals surface area (Å²) in [5, 5.41) is 4.32. The van der Waals surface area contributed by atoms with Crippen LogP contribution in [0.3, 0.4) is 0 Å². The average Bonchev–Trinajstić information content (AvgIpc) is 3.41. The van der Waals surface area contributed by atoms with E-state index in [9.17, 15) is 9.59 Å². The molecule has 0 unspecified atom stereocenters. The molecule has 5 rings (SSSR count). The maximum Gasteiger partial charge on any atom is 0.247 e. The number of nitrogens with one attached hydrogen (secondary N) is 2. The van der Waals surface area contributed by atoms with Crippen LogP contribution in [-0.4, -0.2) is 48.5 Å². The van der Waals surface area contributed by atoms with Crippen molar-refractivity contribution in [3.05, 3.63) is 95.2 Å². The minimum atomic E-state index is -0.825. The first-order valence-electron chi connectivity index (χ1n) is 14.9. The number of hydrogen-bond acceptors (Lipinski definition) is 4. The molecule has 220 valence electrons. The highest BCUT2D eigenvalue weighted by atomic mass is 16.5. The Morgan fingerprint density at radius 3 is 2.50 bits per heavy atom. The zero-order valence-electron chi connectivity index (χ0n) is 24.8. The SMILES string of the molecule is COc1ccc([C@H](C(=O)NC2CCCCC2)N(CCc2cccc(C)c2)C(=O)Cc2c[nH]c3ccccc23)cc1OC. The third kappa shape index (κ3) is 6.78. The zero-order chi connectivity index (χ0) is 29.5. The van der Waals surface area contributed by atoms with Gasteiger partial charge in [0.2, 0.25) is 11.8 Å². The summed E-state index contributed by atoms with van der Waals surface area (Å²) in [6, 6.07) is 21.0. The second kappa shape index (κ2) is 13.6. The Morgan fingerprint density at radius 1 is 0.952 bits per heavy atom. The molecule has 0 bridgehead atoms. The molecular formula is C35H41N3O4. The number of aromatic amines is 1. The van der Waals surface area contributed by atoms with Crippen molar-refractivity contribution in [3.8, 4) is 11.5 Å². The van der Waals surface area contributed by atoms with Gasteiger partial charge < -0.3 is 24.7 Å². The Morgan fingerprint density at radius 2 is 1.74 bits per heavy atom. The lowest BCUT2D eigenvalue weighted by atomic mass is 9.94. The van der Waals surface area contributed by atoms with Crippen LogP contribution >= 0.6 is 0 Å². The van der Waals surface area contributed by atoms with Crippen molar-refractivity contribution < 1.29 is 19.1 Å². The van der Waals surface area contributed by atoms with E-state index < -0.39 is 6.04 Å². The van der Waals surface area contributed by atoms with Gasteiger partial charge in [0, 0.05) is 29.7 Å². The van der Waals surface area contributed by atoms with Crippen LogP contribution in [0.4, 0.5) is 0 Å². The molecule has 1 saturated carbocycles. The molecule has 3 aromatic carbocycles. The second-order valence-electron chi connectivity index (χ2n) is 11.2. The minimum absolute atomic E-state index is 0.106. The van der Waals surface area contributed by atoms with Gasteiger partial charge in [-0.25, -0.2) is 0 Å². The first kappa shape index (κ1) is 29.2. The molecule has 42 heavy (non-hydrogen) atoms. The quantitative estimate of drug-likeness (QED) is 0.223. The van der Waals surface area contributed by atoms with E-state index in [4.69, 9.17) is 9.47 Å². The van der Waals surface area contributed by atoms with Crippen LogP contribution in [0.1, 0.15) is 60.4 Å². The topological polar surface area (TPSA) is 83.7 Å². The Labute approximate surface area is 248 Å². The van der Waals surface area contributed by atoms with Gasteiger partial charge >= 0.3 is 0 Å². The van der Waals surface area contributed by atoms with Gasteiger partial charge in [-0.15, -0.1) is 0 Å². The fourth-order valence-electron chi connectivity index (χ4n) is 6.08. The van der Waals surface area contributed by atoms with Crippen LogP contribution in [0.15, 0.2) is 72.9 Å². The first-order valence-corrected chi connectivity index (χ1v) is 14.9. The fraction of sp³-hybridized carbons (Fsp3) is 0.371. The molecule has 0 radical (unpaired) electrons. The Balaban J connectivity index is 1.53. The number of rotatable bonds is 11. The monoisotopic (exact) mass is 567 g/mol. The fourth-order valence-corrected chi connectivity index (χ4v) is 6.08. The molecule has 1 atom stereocenters. The van der Waals surface area contributed by atoms with Crippen molar-refractivity contribution >= 4 is 22.7 Å². The van der Waals surface area contributed by atoms with Crippen molar-refractivity contribution in [2.45, 2.75) is 64.0 Å². The van der Waals surface area contributed by atoms with Gasteiger partial charge in [0.05, 0.1) is 20.6 Å². The van der Waals surface area contributed by atoms with Gasteiger partial charge in [0.1, 0.15) is 6.04 Å². The highest BCUT2D eigenvalue weighted by molar-refractivity contribution is 5.92. The molecule has 4 aromatic rings. The van der Waals surface area contributed by atoms with Crippen molar-refractivity contribution in [1.29, 1.82) is 0 Å². The number of benzene rings is 3. The highest BCUT2D eigenvalue weighted by Crippen LogP contribution is 2.33. The number of ether oxygens (including phenoxy) is 2. The van der Waals surface area contributed by atoms with Crippen molar-refractivity contribution in [2.75, 3.05) is 20.8 Å². The normalized spacial score (nSPS) is 14.4. The molecule has 7 nitrogen and oxygen atoms in total. The summed E-state index contributed by atoms with van der Waals surface area (Å²) >= 11 is 0. The van der Waals surface area contributed by atoms with E-state index in [1.54, 1.807) is 25.2 Å². The Kier molecular flexibility index (Phi) is 9.47. The Hall–Kier alpha value is -4.26. The predicted molar refractivity (Wildman–Crippen MR) is 166 cm³/mol. The molecule has 0 saturated heterocycles. The second-order valence-corrected chi connectivity index (χ2v) is 11.2. The minimum Gasteiger partial charge on any atom is -0.493 e.